The van der Waals surface area contributed by atoms with Gasteiger partial charge in [-0.2, -0.15) is 0 Å². The van der Waals surface area contributed by atoms with Gasteiger partial charge in [-0.25, -0.2) is 0 Å². The molecule has 1 N–H and O–H groups in total. The fourth-order valence-electron chi connectivity index (χ4n) is 1.13. The molecule has 1 aromatic carbocycles. The molecule has 1 aromatic rings. The van der Waals surface area contributed by atoms with Crippen molar-refractivity contribution in [3.05, 3.63) is 32.8 Å². The predicted molar refractivity (Wildman–Crippen MR) is 68.2 cm³/mol. The Morgan fingerprint density at radius 1 is 1.56 bits per heavy atom. The van der Waals surface area contributed by atoms with Crippen molar-refractivity contribution in [3.63, 3.8) is 0 Å². The maximum Gasteiger partial charge on any atom is 0.293 e. The third-order valence-electron chi connectivity index (χ3n) is 1.86. The van der Waals surface area contributed by atoms with Gasteiger partial charge in [-0.1, -0.05) is 15.9 Å². The van der Waals surface area contributed by atoms with Crippen LogP contribution in [0.25, 0.3) is 0 Å². The number of benzene rings is 1. The fraction of sp³-hybridized carbons (Fsp3) is 0.333. The van der Waals surface area contributed by atoms with Gasteiger partial charge in [0.25, 0.3) is 5.69 Å². The molecule has 0 saturated heterocycles. The first kappa shape index (κ1) is 13.1. The Labute approximate surface area is 104 Å². The first-order chi connectivity index (χ1) is 7.50. The van der Waals surface area contributed by atoms with Crippen molar-refractivity contribution < 1.29 is 9.13 Å². The first-order valence-electron chi connectivity index (χ1n) is 4.48. The molecule has 0 radical (unpaired) electrons. The maximum atomic E-state index is 10.8. The molecule has 5 nitrogen and oxygen atoms in total. The van der Waals surface area contributed by atoms with Crippen molar-refractivity contribution in [3.8, 4) is 0 Å². The minimum Gasteiger partial charge on any atom is -0.379 e. The van der Waals surface area contributed by atoms with Crippen LogP contribution < -0.4 is 5.32 Å². The quantitative estimate of drug-likeness (QED) is 0.668. The lowest BCUT2D eigenvalue weighted by atomic mass is 10.2. The number of hydrogen-bond donors (Lipinski definition) is 1. The molecule has 0 bridgehead atoms. The average molecular weight is 307 g/mol. The molecule has 1 atom stereocenters. The lowest BCUT2D eigenvalue weighted by Crippen LogP contribution is -2.10. The molecule has 0 aliphatic rings. The zero-order valence-electron chi connectivity index (χ0n) is 8.60. The van der Waals surface area contributed by atoms with Gasteiger partial charge in [-0.15, -0.1) is 0 Å². The molecule has 1 rings (SSSR count). The summed E-state index contributed by atoms with van der Waals surface area (Å²) in [7, 11) is -0.903. The van der Waals surface area contributed by atoms with E-state index in [-0.39, 0.29) is 5.69 Å². The highest BCUT2D eigenvalue weighted by Crippen LogP contribution is 2.27. The van der Waals surface area contributed by atoms with E-state index in [1.54, 1.807) is 18.4 Å². The van der Waals surface area contributed by atoms with E-state index in [0.29, 0.717) is 22.5 Å². The minimum absolute atomic E-state index is 0.0104. The third-order valence-corrected chi connectivity index (χ3v) is 3.13. The molecule has 0 aliphatic carbocycles. The fourth-order valence-corrected chi connectivity index (χ4v) is 1.87. The summed E-state index contributed by atoms with van der Waals surface area (Å²) < 4.78 is 11.5. The van der Waals surface area contributed by atoms with Crippen LogP contribution in [-0.4, -0.2) is 27.7 Å². The molecular formula is C9H11BrN2O3S. The van der Waals surface area contributed by atoms with E-state index in [0.717, 1.165) is 0 Å². The summed E-state index contributed by atoms with van der Waals surface area (Å²) in [5.74, 6) is 0.465. The van der Waals surface area contributed by atoms with Gasteiger partial charge in [-0.05, 0) is 12.1 Å². The molecule has 16 heavy (non-hydrogen) atoms. The van der Waals surface area contributed by atoms with E-state index < -0.39 is 15.7 Å². The van der Waals surface area contributed by atoms with Crippen LogP contribution >= 0.6 is 15.9 Å². The monoisotopic (exact) mass is 306 g/mol. The van der Waals surface area contributed by atoms with Crippen LogP contribution in [0.3, 0.4) is 0 Å². The molecule has 88 valence electrons. The van der Waals surface area contributed by atoms with E-state index in [1.807, 2.05) is 0 Å². The number of nitrogens with zero attached hydrogens (tertiary/aromatic N) is 1. The molecule has 0 aliphatic heterocycles. The largest absolute Gasteiger partial charge is 0.379 e. The number of nitro groups is 1. The molecule has 0 saturated carbocycles. The summed E-state index contributed by atoms with van der Waals surface area (Å²) in [5, 5.41) is 13.7. The number of hydrogen-bond acceptors (Lipinski definition) is 4. The van der Waals surface area contributed by atoms with Crippen molar-refractivity contribution in [2.45, 2.75) is 0 Å². The van der Waals surface area contributed by atoms with Crippen LogP contribution in [0.15, 0.2) is 22.7 Å². The maximum absolute atomic E-state index is 10.8. The molecule has 0 fully saturated rings. The highest BCUT2D eigenvalue weighted by Gasteiger charge is 2.13. The second-order valence-corrected chi connectivity index (χ2v) is 5.59. The van der Waals surface area contributed by atoms with Gasteiger partial charge in [-0.3, -0.25) is 14.3 Å². The second kappa shape index (κ2) is 5.95. The number of nitro benzene ring substituents is 1. The van der Waals surface area contributed by atoms with Gasteiger partial charge >= 0.3 is 0 Å². The smallest absolute Gasteiger partial charge is 0.293 e. The van der Waals surface area contributed by atoms with Crippen molar-refractivity contribution in [2.75, 3.05) is 23.9 Å². The lowest BCUT2D eigenvalue weighted by Gasteiger charge is -2.06. The highest BCUT2D eigenvalue weighted by atomic mass is 79.9. The zero-order valence-corrected chi connectivity index (χ0v) is 11.0. The summed E-state index contributed by atoms with van der Waals surface area (Å²) >= 11 is 3.18. The van der Waals surface area contributed by atoms with E-state index >= 15 is 0 Å². The minimum atomic E-state index is -0.903. The number of anilines is 1. The van der Waals surface area contributed by atoms with E-state index in [4.69, 9.17) is 0 Å². The number of halogens is 1. The van der Waals surface area contributed by atoms with Crippen molar-refractivity contribution in [1.82, 2.24) is 0 Å². The third kappa shape index (κ3) is 3.90. The summed E-state index contributed by atoms with van der Waals surface area (Å²) in [4.78, 5) is 10.3. The van der Waals surface area contributed by atoms with Crippen LogP contribution in [0.2, 0.25) is 0 Å². The van der Waals surface area contributed by atoms with Crippen molar-refractivity contribution in [2.24, 2.45) is 0 Å². The predicted octanol–water partition coefficient (Wildman–Crippen LogP) is 2.15. The van der Waals surface area contributed by atoms with E-state index in [1.165, 1.54) is 6.07 Å². The topological polar surface area (TPSA) is 72.2 Å². The summed E-state index contributed by atoms with van der Waals surface area (Å²) in [6, 6.07) is 4.78. The Hall–Kier alpha value is -0.950. The van der Waals surface area contributed by atoms with Gasteiger partial charge in [0.15, 0.2) is 0 Å². The molecule has 0 spiro atoms. The summed E-state index contributed by atoms with van der Waals surface area (Å²) in [6.07, 6.45) is 1.59. The SMILES string of the molecule is CS(=O)CCNc1ccc(Br)cc1[N+](=O)[O-]. The molecule has 1 unspecified atom stereocenters. The van der Waals surface area contributed by atoms with Gasteiger partial charge < -0.3 is 5.32 Å². The normalized spacial score (nSPS) is 12.1. The van der Waals surface area contributed by atoms with Gasteiger partial charge in [0.1, 0.15) is 5.69 Å². The Bertz CT molecular complexity index is 425. The first-order valence-corrected chi connectivity index (χ1v) is 7.00. The van der Waals surface area contributed by atoms with Gasteiger partial charge in [0, 0.05) is 39.9 Å². The Morgan fingerprint density at radius 3 is 2.81 bits per heavy atom. The number of rotatable bonds is 5. The molecule has 7 heteroatoms. The number of nitrogens with one attached hydrogen (secondary N) is 1. The van der Waals surface area contributed by atoms with Crippen LogP contribution in [0.4, 0.5) is 11.4 Å². The van der Waals surface area contributed by atoms with Crippen LogP contribution in [0.5, 0.6) is 0 Å². The second-order valence-electron chi connectivity index (χ2n) is 3.12. The summed E-state index contributed by atoms with van der Waals surface area (Å²) in [5.41, 5.74) is 0.454. The van der Waals surface area contributed by atoms with Gasteiger partial charge in [0.2, 0.25) is 0 Å². The average Bonchev–Trinajstić information content (AvgIpc) is 2.19. The Morgan fingerprint density at radius 2 is 2.25 bits per heavy atom. The highest BCUT2D eigenvalue weighted by molar-refractivity contribution is 9.10. The van der Waals surface area contributed by atoms with E-state index in [2.05, 4.69) is 21.2 Å². The lowest BCUT2D eigenvalue weighted by molar-refractivity contribution is -0.384. The van der Waals surface area contributed by atoms with Gasteiger partial charge in [0.05, 0.1) is 4.92 Å². The zero-order chi connectivity index (χ0) is 12.1. The van der Waals surface area contributed by atoms with E-state index in [9.17, 15) is 14.3 Å². The Kier molecular flexibility index (Phi) is 4.88. The van der Waals surface area contributed by atoms with Crippen LogP contribution in [-0.2, 0) is 10.8 Å². The van der Waals surface area contributed by atoms with Crippen molar-refractivity contribution >= 4 is 38.1 Å². The molecule has 0 aromatic heterocycles. The summed E-state index contributed by atoms with van der Waals surface area (Å²) in [6.45, 7) is 0.450. The standard InChI is InChI=1S/C9H11BrN2O3S/c1-16(15)5-4-11-8-3-2-7(10)6-9(8)12(13)14/h2-3,6,11H,4-5H2,1H3. The van der Waals surface area contributed by atoms with Crippen molar-refractivity contribution in [1.29, 1.82) is 0 Å². The van der Waals surface area contributed by atoms with Crippen LogP contribution in [0, 0.1) is 10.1 Å². The molecule has 0 amide bonds. The molecular weight excluding hydrogens is 296 g/mol. The Balaban J connectivity index is 2.78. The van der Waals surface area contributed by atoms with Crippen LogP contribution in [0.1, 0.15) is 0 Å². The molecule has 0 heterocycles.